The number of amides is 1. The van der Waals surface area contributed by atoms with Gasteiger partial charge in [0, 0.05) is 24.5 Å². The Morgan fingerprint density at radius 1 is 1.32 bits per heavy atom. The Labute approximate surface area is 112 Å². The zero-order valence-electron chi connectivity index (χ0n) is 11.1. The van der Waals surface area contributed by atoms with E-state index in [0.29, 0.717) is 11.1 Å². The monoisotopic (exact) mass is 258 g/mol. The first-order valence-electron chi connectivity index (χ1n) is 6.34. The van der Waals surface area contributed by atoms with E-state index in [-0.39, 0.29) is 18.0 Å². The van der Waals surface area contributed by atoms with E-state index in [9.17, 15) is 4.79 Å². The molecule has 0 radical (unpaired) electrons. The van der Waals surface area contributed by atoms with Crippen LogP contribution in [0.3, 0.4) is 0 Å². The van der Waals surface area contributed by atoms with Crippen LogP contribution >= 0.6 is 0 Å². The number of para-hydroxylation sites is 1. The van der Waals surface area contributed by atoms with Gasteiger partial charge in [0.1, 0.15) is 5.52 Å². The Balaban J connectivity index is 2.22. The number of carbonyl (C=O) groups excluding carboxylic acids is 1. The van der Waals surface area contributed by atoms with Crippen LogP contribution in [-0.4, -0.2) is 28.0 Å². The van der Waals surface area contributed by atoms with E-state index in [4.69, 9.17) is 5.73 Å². The molecule has 0 spiro atoms. The summed E-state index contributed by atoms with van der Waals surface area (Å²) in [4.78, 5) is 20.6. The Kier molecular flexibility index (Phi) is 4.06. The Hall–Kier alpha value is -2.01. The molecular formula is C14H18N4O. The van der Waals surface area contributed by atoms with Gasteiger partial charge in [-0.15, -0.1) is 0 Å². The topological polar surface area (TPSA) is 80.9 Å². The molecule has 0 aliphatic rings. The van der Waals surface area contributed by atoms with Gasteiger partial charge in [0.25, 0.3) is 5.91 Å². The highest BCUT2D eigenvalue weighted by Gasteiger charge is 2.14. The van der Waals surface area contributed by atoms with Crippen LogP contribution in [0, 0.1) is 0 Å². The number of benzene rings is 1. The average molecular weight is 258 g/mol. The lowest BCUT2D eigenvalue weighted by molar-refractivity contribution is 0.0939. The standard InChI is InChI=1S/C14H18N4O/c1-9(15)8-10(2)18-14(19)11-4-3-5-12-13(11)17-7-6-16-12/h3-7,9-10H,8,15H2,1-2H3,(H,18,19). The van der Waals surface area contributed by atoms with Crippen LogP contribution in [0.4, 0.5) is 0 Å². The van der Waals surface area contributed by atoms with Gasteiger partial charge < -0.3 is 11.1 Å². The fourth-order valence-electron chi connectivity index (χ4n) is 2.09. The highest BCUT2D eigenvalue weighted by atomic mass is 16.1. The van der Waals surface area contributed by atoms with Crippen molar-refractivity contribution in [3.63, 3.8) is 0 Å². The van der Waals surface area contributed by atoms with Crippen LogP contribution in [0.15, 0.2) is 30.6 Å². The smallest absolute Gasteiger partial charge is 0.253 e. The molecule has 5 heteroatoms. The number of fused-ring (bicyclic) bond motifs is 1. The maximum Gasteiger partial charge on any atom is 0.253 e. The molecule has 0 bridgehead atoms. The van der Waals surface area contributed by atoms with Gasteiger partial charge in [-0.1, -0.05) is 6.07 Å². The summed E-state index contributed by atoms with van der Waals surface area (Å²) in [5.74, 6) is -0.140. The molecule has 100 valence electrons. The van der Waals surface area contributed by atoms with Crippen molar-refractivity contribution in [1.29, 1.82) is 0 Å². The number of hydrogen-bond donors (Lipinski definition) is 2. The number of hydrogen-bond acceptors (Lipinski definition) is 4. The van der Waals surface area contributed by atoms with E-state index >= 15 is 0 Å². The predicted octanol–water partition coefficient (Wildman–Crippen LogP) is 1.49. The fourth-order valence-corrected chi connectivity index (χ4v) is 2.09. The number of nitrogens with zero attached hydrogens (tertiary/aromatic N) is 2. The van der Waals surface area contributed by atoms with E-state index in [1.807, 2.05) is 26.0 Å². The van der Waals surface area contributed by atoms with Gasteiger partial charge in [0.15, 0.2) is 0 Å². The summed E-state index contributed by atoms with van der Waals surface area (Å²) >= 11 is 0. The van der Waals surface area contributed by atoms with Crippen molar-refractivity contribution in [1.82, 2.24) is 15.3 Å². The summed E-state index contributed by atoms with van der Waals surface area (Å²) in [5, 5.41) is 2.93. The Bertz CT molecular complexity index is 577. The molecule has 0 aliphatic heterocycles. The molecule has 19 heavy (non-hydrogen) atoms. The second-order valence-corrected chi connectivity index (χ2v) is 4.82. The van der Waals surface area contributed by atoms with Crippen molar-refractivity contribution in [3.8, 4) is 0 Å². The molecule has 3 N–H and O–H groups in total. The zero-order valence-corrected chi connectivity index (χ0v) is 11.1. The Morgan fingerprint density at radius 2 is 2.05 bits per heavy atom. The van der Waals surface area contributed by atoms with Crippen LogP contribution in [0.25, 0.3) is 11.0 Å². The summed E-state index contributed by atoms with van der Waals surface area (Å²) in [6.45, 7) is 3.87. The van der Waals surface area contributed by atoms with Crippen molar-refractivity contribution < 1.29 is 4.79 Å². The van der Waals surface area contributed by atoms with Crippen LogP contribution < -0.4 is 11.1 Å². The normalized spacial score (nSPS) is 14.1. The number of aromatic nitrogens is 2. The third-order valence-electron chi connectivity index (χ3n) is 2.85. The second-order valence-electron chi connectivity index (χ2n) is 4.82. The lowest BCUT2D eigenvalue weighted by atomic mass is 10.1. The minimum Gasteiger partial charge on any atom is -0.349 e. The molecule has 0 saturated heterocycles. The molecule has 0 aliphatic carbocycles. The first kappa shape index (κ1) is 13.4. The largest absolute Gasteiger partial charge is 0.349 e. The summed E-state index contributed by atoms with van der Waals surface area (Å²) in [7, 11) is 0. The van der Waals surface area contributed by atoms with E-state index in [1.54, 1.807) is 18.5 Å². The van der Waals surface area contributed by atoms with Crippen LogP contribution in [0.2, 0.25) is 0 Å². The van der Waals surface area contributed by atoms with E-state index in [1.165, 1.54) is 0 Å². The molecule has 2 rings (SSSR count). The quantitative estimate of drug-likeness (QED) is 0.870. The lowest BCUT2D eigenvalue weighted by Gasteiger charge is -2.16. The van der Waals surface area contributed by atoms with Crippen LogP contribution in [0.1, 0.15) is 30.6 Å². The van der Waals surface area contributed by atoms with Gasteiger partial charge in [-0.3, -0.25) is 14.8 Å². The van der Waals surface area contributed by atoms with Crippen LogP contribution in [0.5, 0.6) is 0 Å². The number of carbonyl (C=O) groups is 1. The molecule has 2 atom stereocenters. The molecule has 0 fully saturated rings. The van der Waals surface area contributed by atoms with Crippen molar-refractivity contribution in [2.45, 2.75) is 32.4 Å². The van der Waals surface area contributed by atoms with E-state index < -0.39 is 0 Å². The van der Waals surface area contributed by atoms with Gasteiger partial charge in [-0.2, -0.15) is 0 Å². The van der Waals surface area contributed by atoms with Gasteiger partial charge in [0.2, 0.25) is 0 Å². The minimum absolute atomic E-state index is 0.0272. The molecule has 1 aromatic heterocycles. The number of rotatable bonds is 4. The van der Waals surface area contributed by atoms with Crippen molar-refractivity contribution in [2.24, 2.45) is 5.73 Å². The van der Waals surface area contributed by atoms with Gasteiger partial charge in [-0.25, -0.2) is 0 Å². The number of nitrogens with two attached hydrogens (primary N) is 1. The second kappa shape index (κ2) is 5.75. The molecule has 5 nitrogen and oxygen atoms in total. The lowest BCUT2D eigenvalue weighted by Crippen LogP contribution is -2.36. The maximum atomic E-state index is 12.2. The number of nitrogens with one attached hydrogen (secondary N) is 1. The van der Waals surface area contributed by atoms with Crippen molar-refractivity contribution in [3.05, 3.63) is 36.2 Å². The first-order chi connectivity index (χ1) is 9.08. The van der Waals surface area contributed by atoms with Crippen LogP contribution in [-0.2, 0) is 0 Å². The van der Waals surface area contributed by atoms with Gasteiger partial charge >= 0.3 is 0 Å². The SMILES string of the molecule is CC(N)CC(C)NC(=O)c1cccc2nccnc12. The molecule has 0 saturated carbocycles. The third-order valence-corrected chi connectivity index (χ3v) is 2.85. The van der Waals surface area contributed by atoms with Gasteiger partial charge in [0.05, 0.1) is 11.1 Å². The van der Waals surface area contributed by atoms with Crippen molar-refractivity contribution >= 4 is 16.9 Å². The molecular weight excluding hydrogens is 240 g/mol. The van der Waals surface area contributed by atoms with Gasteiger partial charge in [-0.05, 0) is 32.4 Å². The minimum atomic E-state index is -0.140. The van der Waals surface area contributed by atoms with E-state index in [0.717, 1.165) is 11.9 Å². The highest BCUT2D eigenvalue weighted by Crippen LogP contribution is 2.14. The first-order valence-corrected chi connectivity index (χ1v) is 6.34. The summed E-state index contributed by atoms with van der Waals surface area (Å²) in [6.07, 6.45) is 3.94. The average Bonchev–Trinajstić information content (AvgIpc) is 2.36. The molecule has 1 heterocycles. The predicted molar refractivity (Wildman–Crippen MR) is 74.7 cm³/mol. The highest BCUT2D eigenvalue weighted by molar-refractivity contribution is 6.04. The van der Waals surface area contributed by atoms with E-state index in [2.05, 4.69) is 15.3 Å². The molecule has 1 amide bonds. The zero-order chi connectivity index (χ0) is 13.8. The Morgan fingerprint density at radius 3 is 2.79 bits per heavy atom. The molecule has 2 unspecified atom stereocenters. The third kappa shape index (κ3) is 3.26. The maximum absolute atomic E-state index is 12.2. The van der Waals surface area contributed by atoms with Crippen molar-refractivity contribution in [2.75, 3.05) is 0 Å². The molecule has 2 aromatic rings. The fraction of sp³-hybridized carbons (Fsp3) is 0.357. The molecule has 1 aromatic carbocycles. The summed E-state index contributed by atoms with van der Waals surface area (Å²) in [6, 6.07) is 5.49. The summed E-state index contributed by atoms with van der Waals surface area (Å²) < 4.78 is 0. The summed E-state index contributed by atoms with van der Waals surface area (Å²) in [5.41, 5.74) is 7.61.